The fourth-order valence-electron chi connectivity index (χ4n) is 4.27. The molecular weight excluding hydrogens is 362 g/mol. The van der Waals surface area contributed by atoms with Gasteiger partial charge in [0.25, 0.3) is 0 Å². The third-order valence-corrected chi connectivity index (χ3v) is 5.98. The molecule has 1 aromatic heterocycles. The molecule has 6 heteroatoms. The summed E-state index contributed by atoms with van der Waals surface area (Å²) in [5.41, 5.74) is 1.39. The van der Waals surface area contributed by atoms with Gasteiger partial charge in [0.2, 0.25) is 0 Å². The lowest BCUT2D eigenvalue weighted by Crippen LogP contribution is -2.50. The van der Waals surface area contributed by atoms with Gasteiger partial charge in [-0.1, -0.05) is 36.4 Å². The minimum absolute atomic E-state index is 0.0272. The van der Waals surface area contributed by atoms with E-state index in [1.807, 2.05) is 24.4 Å². The van der Waals surface area contributed by atoms with Gasteiger partial charge < -0.3 is 20.4 Å². The lowest BCUT2D eigenvalue weighted by molar-refractivity contribution is 0.193. The molecule has 2 amide bonds. The Morgan fingerprint density at radius 2 is 1.66 bits per heavy atom. The number of hydrogen-bond acceptors (Lipinski definition) is 4. The van der Waals surface area contributed by atoms with Gasteiger partial charge in [0.15, 0.2) is 0 Å². The highest BCUT2D eigenvalue weighted by Crippen LogP contribution is 2.17. The lowest BCUT2D eigenvalue weighted by Gasteiger charge is -2.32. The van der Waals surface area contributed by atoms with Crippen molar-refractivity contribution < 1.29 is 4.79 Å². The molecule has 4 rings (SSSR count). The van der Waals surface area contributed by atoms with Gasteiger partial charge in [-0.15, -0.1) is 0 Å². The van der Waals surface area contributed by atoms with Crippen molar-refractivity contribution in [2.75, 3.05) is 37.6 Å². The quantitative estimate of drug-likeness (QED) is 0.792. The summed E-state index contributed by atoms with van der Waals surface area (Å²) in [6.45, 7) is 4.95. The molecule has 2 saturated heterocycles. The van der Waals surface area contributed by atoms with Crippen LogP contribution in [0.1, 0.15) is 24.8 Å². The summed E-state index contributed by atoms with van der Waals surface area (Å²) < 4.78 is 0. The lowest BCUT2D eigenvalue weighted by atomic mass is 10.0. The number of urea groups is 1. The molecule has 0 bridgehead atoms. The van der Waals surface area contributed by atoms with E-state index in [2.05, 4.69) is 55.7 Å². The number of benzene rings is 1. The zero-order valence-corrected chi connectivity index (χ0v) is 17.0. The molecule has 1 unspecified atom stereocenters. The highest BCUT2D eigenvalue weighted by Gasteiger charge is 2.26. The minimum atomic E-state index is -0.0272. The number of rotatable bonds is 6. The number of piperidine rings is 1. The third-order valence-electron chi connectivity index (χ3n) is 5.98. The average molecular weight is 394 g/mol. The Bertz CT molecular complexity index is 761. The molecule has 0 spiro atoms. The normalized spacial score (nSPS) is 20.6. The van der Waals surface area contributed by atoms with Gasteiger partial charge in [-0.25, -0.2) is 9.78 Å². The van der Waals surface area contributed by atoms with Crippen molar-refractivity contribution in [2.45, 2.75) is 37.8 Å². The number of likely N-dealkylation sites (tertiary alicyclic amines) is 1. The monoisotopic (exact) mass is 393 g/mol. The van der Waals surface area contributed by atoms with Crippen LogP contribution in [-0.2, 0) is 6.42 Å². The summed E-state index contributed by atoms with van der Waals surface area (Å²) in [7, 11) is 0. The third kappa shape index (κ3) is 5.70. The maximum atomic E-state index is 12.4. The first kappa shape index (κ1) is 19.7. The van der Waals surface area contributed by atoms with Crippen LogP contribution in [0.5, 0.6) is 0 Å². The van der Waals surface area contributed by atoms with Crippen LogP contribution in [0, 0.1) is 0 Å². The Labute approximate surface area is 173 Å². The second-order valence-electron chi connectivity index (χ2n) is 8.09. The van der Waals surface area contributed by atoms with Crippen LogP contribution in [0.25, 0.3) is 0 Å². The van der Waals surface area contributed by atoms with Crippen LogP contribution in [0.15, 0.2) is 54.7 Å². The van der Waals surface area contributed by atoms with Gasteiger partial charge in [-0.05, 0) is 43.4 Å². The van der Waals surface area contributed by atoms with Gasteiger partial charge in [-0.3, -0.25) is 0 Å². The van der Waals surface area contributed by atoms with Gasteiger partial charge >= 0.3 is 6.03 Å². The van der Waals surface area contributed by atoms with E-state index in [1.54, 1.807) is 0 Å². The molecule has 154 valence electrons. The van der Waals surface area contributed by atoms with Crippen LogP contribution < -0.4 is 15.5 Å². The van der Waals surface area contributed by atoms with Crippen molar-refractivity contribution in [1.82, 2.24) is 20.5 Å². The Balaban J connectivity index is 1.14. The standard InChI is InChI=1S/C23H31N5O/c29-23(26-21-12-17-28(18-21)22-8-4-5-13-24-22)25-20-10-15-27(16-11-20)14-9-19-6-2-1-3-7-19/h1-8,13,20-21H,9-12,14-18H2,(H2,25,26,29). The van der Waals surface area contributed by atoms with Crippen molar-refractivity contribution in [3.05, 3.63) is 60.3 Å². The number of nitrogens with zero attached hydrogens (tertiary/aromatic N) is 3. The molecule has 2 N–H and O–H groups in total. The highest BCUT2D eigenvalue weighted by molar-refractivity contribution is 5.74. The number of anilines is 1. The average Bonchev–Trinajstić information content (AvgIpc) is 3.23. The predicted octanol–water partition coefficient (Wildman–Crippen LogP) is 2.67. The molecule has 2 aromatic rings. The second kappa shape index (κ2) is 9.74. The van der Waals surface area contributed by atoms with Crippen LogP contribution in [0.3, 0.4) is 0 Å². The molecule has 1 atom stereocenters. The van der Waals surface area contributed by atoms with E-state index in [-0.39, 0.29) is 18.1 Å². The zero-order valence-electron chi connectivity index (χ0n) is 17.0. The van der Waals surface area contributed by atoms with E-state index >= 15 is 0 Å². The molecule has 0 saturated carbocycles. The van der Waals surface area contributed by atoms with Gasteiger partial charge in [0.1, 0.15) is 5.82 Å². The van der Waals surface area contributed by atoms with Gasteiger partial charge in [0, 0.05) is 51.0 Å². The molecule has 3 heterocycles. The van der Waals surface area contributed by atoms with Crippen molar-refractivity contribution in [3.8, 4) is 0 Å². The predicted molar refractivity (Wildman–Crippen MR) is 116 cm³/mol. The SMILES string of the molecule is O=C(NC1CCN(CCc2ccccc2)CC1)NC1CCN(c2ccccn2)C1. The molecule has 2 fully saturated rings. The smallest absolute Gasteiger partial charge is 0.315 e. The summed E-state index contributed by atoms with van der Waals surface area (Å²) in [5.74, 6) is 0.986. The first-order valence-electron chi connectivity index (χ1n) is 10.8. The van der Waals surface area contributed by atoms with Crippen molar-refractivity contribution in [2.24, 2.45) is 0 Å². The largest absolute Gasteiger partial charge is 0.354 e. The molecule has 29 heavy (non-hydrogen) atoms. The number of pyridine rings is 1. The van der Waals surface area contributed by atoms with Crippen molar-refractivity contribution >= 4 is 11.8 Å². The summed E-state index contributed by atoms with van der Waals surface area (Å²) in [4.78, 5) is 21.6. The summed E-state index contributed by atoms with van der Waals surface area (Å²) in [6, 6.07) is 17.0. The Hall–Kier alpha value is -2.60. The highest BCUT2D eigenvalue weighted by atomic mass is 16.2. The number of aromatic nitrogens is 1. The van der Waals surface area contributed by atoms with Crippen LogP contribution in [0.2, 0.25) is 0 Å². The van der Waals surface area contributed by atoms with E-state index in [4.69, 9.17) is 0 Å². The fraction of sp³-hybridized carbons (Fsp3) is 0.478. The summed E-state index contributed by atoms with van der Waals surface area (Å²) in [5, 5.41) is 6.33. The molecule has 0 aliphatic carbocycles. The van der Waals surface area contributed by atoms with E-state index < -0.39 is 0 Å². The van der Waals surface area contributed by atoms with Crippen molar-refractivity contribution in [1.29, 1.82) is 0 Å². The summed E-state index contributed by atoms with van der Waals surface area (Å²) >= 11 is 0. The number of amides is 2. The topological polar surface area (TPSA) is 60.5 Å². The van der Waals surface area contributed by atoms with Crippen LogP contribution in [-0.4, -0.2) is 60.7 Å². The fourth-order valence-corrected chi connectivity index (χ4v) is 4.27. The molecule has 2 aliphatic heterocycles. The van der Waals surface area contributed by atoms with Crippen molar-refractivity contribution in [3.63, 3.8) is 0 Å². The minimum Gasteiger partial charge on any atom is -0.354 e. The van der Waals surface area contributed by atoms with E-state index in [9.17, 15) is 4.79 Å². The maximum Gasteiger partial charge on any atom is 0.315 e. The van der Waals surface area contributed by atoms with E-state index in [0.29, 0.717) is 0 Å². The number of carbonyl (C=O) groups is 1. The van der Waals surface area contributed by atoms with Gasteiger partial charge in [0.05, 0.1) is 0 Å². The van der Waals surface area contributed by atoms with Crippen LogP contribution in [0.4, 0.5) is 10.6 Å². The zero-order chi connectivity index (χ0) is 19.9. The van der Waals surface area contributed by atoms with E-state index in [1.165, 1.54) is 5.56 Å². The molecule has 0 radical (unpaired) electrons. The Morgan fingerprint density at radius 1 is 0.931 bits per heavy atom. The number of hydrogen-bond donors (Lipinski definition) is 2. The first-order chi connectivity index (χ1) is 14.3. The molecular formula is C23H31N5O. The molecule has 1 aromatic carbocycles. The maximum absolute atomic E-state index is 12.4. The van der Waals surface area contributed by atoms with E-state index in [0.717, 1.165) is 64.2 Å². The number of carbonyl (C=O) groups excluding carboxylic acids is 1. The molecule has 6 nitrogen and oxygen atoms in total. The summed E-state index contributed by atoms with van der Waals surface area (Å²) in [6.07, 6.45) is 5.91. The first-order valence-corrected chi connectivity index (χ1v) is 10.8. The Kier molecular flexibility index (Phi) is 6.62. The second-order valence-corrected chi connectivity index (χ2v) is 8.09. The Morgan fingerprint density at radius 3 is 2.41 bits per heavy atom. The van der Waals surface area contributed by atoms with Gasteiger partial charge in [-0.2, -0.15) is 0 Å². The van der Waals surface area contributed by atoms with Crippen LogP contribution >= 0.6 is 0 Å². The number of nitrogens with one attached hydrogen (secondary N) is 2. The molecule has 2 aliphatic rings.